The van der Waals surface area contributed by atoms with E-state index in [-0.39, 0.29) is 16.0 Å². The summed E-state index contributed by atoms with van der Waals surface area (Å²) in [7, 11) is 0. The van der Waals surface area contributed by atoms with Crippen LogP contribution in [0.5, 0.6) is 0 Å². The standard InChI is InChI=1S/C13H13N3O2S/c1-9-3-4-15(12(17)11(9)7-14)5-6-16-10(2)8-19-13(16)18/h3-4,8H,5-6H2,1-2H3. The molecule has 0 fully saturated rings. The summed E-state index contributed by atoms with van der Waals surface area (Å²) < 4.78 is 3.10. The van der Waals surface area contributed by atoms with Gasteiger partial charge in [0.05, 0.1) is 0 Å². The van der Waals surface area contributed by atoms with Crippen molar-refractivity contribution >= 4 is 11.3 Å². The van der Waals surface area contributed by atoms with Crippen LogP contribution < -0.4 is 10.4 Å². The molecule has 0 saturated carbocycles. The molecule has 2 aromatic rings. The van der Waals surface area contributed by atoms with Crippen molar-refractivity contribution in [1.29, 1.82) is 5.26 Å². The lowest BCUT2D eigenvalue weighted by molar-refractivity contribution is 0.550. The van der Waals surface area contributed by atoms with Crippen LogP contribution in [0, 0.1) is 25.2 Å². The minimum absolute atomic E-state index is 0.0295. The van der Waals surface area contributed by atoms with E-state index in [2.05, 4.69) is 0 Å². The highest BCUT2D eigenvalue weighted by atomic mass is 32.1. The van der Waals surface area contributed by atoms with Crippen LogP contribution in [0.25, 0.3) is 0 Å². The molecule has 2 aromatic heterocycles. The first-order valence-electron chi connectivity index (χ1n) is 5.79. The first kappa shape index (κ1) is 13.3. The number of hydrogen-bond acceptors (Lipinski definition) is 4. The fourth-order valence-corrected chi connectivity index (χ4v) is 2.62. The highest BCUT2D eigenvalue weighted by Gasteiger charge is 2.07. The minimum Gasteiger partial charge on any atom is -0.313 e. The van der Waals surface area contributed by atoms with E-state index < -0.39 is 0 Å². The van der Waals surface area contributed by atoms with Crippen molar-refractivity contribution in [3.05, 3.63) is 54.5 Å². The lowest BCUT2D eigenvalue weighted by atomic mass is 10.2. The molecule has 2 heterocycles. The van der Waals surface area contributed by atoms with Gasteiger partial charge in [0, 0.05) is 30.4 Å². The predicted molar refractivity (Wildman–Crippen MR) is 73.5 cm³/mol. The molecule has 0 aliphatic carbocycles. The molecular formula is C13H13N3O2S. The zero-order valence-electron chi connectivity index (χ0n) is 10.7. The third kappa shape index (κ3) is 2.51. The number of rotatable bonds is 3. The van der Waals surface area contributed by atoms with Crippen LogP contribution in [-0.2, 0) is 13.1 Å². The summed E-state index contributed by atoms with van der Waals surface area (Å²) >= 11 is 1.15. The lowest BCUT2D eigenvalue weighted by Crippen LogP contribution is -2.27. The number of nitriles is 1. The minimum atomic E-state index is -0.302. The Morgan fingerprint density at radius 1 is 1.32 bits per heavy atom. The summed E-state index contributed by atoms with van der Waals surface area (Å²) in [5.41, 5.74) is 1.42. The maximum absolute atomic E-state index is 12.0. The van der Waals surface area contributed by atoms with Crippen molar-refractivity contribution in [2.75, 3.05) is 0 Å². The summed E-state index contributed by atoms with van der Waals surface area (Å²) in [5.74, 6) is 0. The van der Waals surface area contributed by atoms with Crippen molar-refractivity contribution in [1.82, 2.24) is 9.13 Å². The number of thiazole rings is 1. The molecule has 0 amide bonds. The molecule has 0 spiro atoms. The van der Waals surface area contributed by atoms with Crippen LogP contribution in [0.15, 0.2) is 27.2 Å². The quantitative estimate of drug-likeness (QED) is 0.847. The van der Waals surface area contributed by atoms with Gasteiger partial charge in [-0.05, 0) is 25.5 Å². The topological polar surface area (TPSA) is 67.8 Å². The fraction of sp³-hybridized carbons (Fsp3) is 0.308. The van der Waals surface area contributed by atoms with Gasteiger partial charge < -0.3 is 9.13 Å². The van der Waals surface area contributed by atoms with E-state index in [1.165, 1.54) is 4.57 Å². The van der Waals surface area contributed by atoms with Gasteiger partial charge in [0.1, 0.15) is 11.6 Å². The van der Waals surface area contributed by atoms with Crippen molar-refractivity contribution in [3.63, 3.8) is 0 Å². The van der Waals surface area contributed by atoms with Crippen LogP contribution in [0.4, 0.5) is 0 Å². The molecule has 98 valence electrons. The van der Waals surface area contributed by atoms with Crippen LogP contribution in [-0.4, -0.2) is 9.13 Å². The van der Waals surface area contributed by atoms with Gasteiger partial charge in [-0.1, -0.05) is 11.3 Å². The van der Waals surface area contributed by atoms with Gasteiger partial charge in [-0.15, -0.1) is 0 Å². The summed E-state index contributed by atoms with van der Waals surface area (Å²) in [4.78, 5) is 23.5. The molecule has 2 rings (SSSR count). The van der Waals surface area contributed by atoms with E-state index in [1.807, 2.05) is 13.0 Å². The molecule has 0 aliphatic rings. The molecule has 0 radical (unpaired) electrons. The number of aromatic nitrogens is 2. The van der Waals surface area contributed by atoms with Gasteiger partial charge in [0.15, 0.2) is 0 Å². The zero-order chi connectivity index (χ0) is 14.0. The fourth-order valence-electron chi connectivity index (χ4n) is 1.86. The van der Waals surface area contributed by atoms with E-state index in [4.69, 9.17) is 5.26 Å². The second-order valence-electron chi connectivity index (χ2n) is 4.28. The van der Waals surface area contributed by atoms with Gasteiger partial charge in [-0.25, -0.2) is 0 Å². The molecule has 0 bridgehead atoms. The van der Waals surface area contributed by atoms with E-state index in [9.17, 15) is 9.59 Å². The summed E-state index contributed by atoms with van der Waals surface area (Å²) in [6.45, 7) is 4.40. The van der Waals surface area contributed by atoms with Gasteiger partial charge in [0.25, 0.3) is 5.56 Å². The Labute approximate surface area is 114 Å². The van der Waals surface area contributed by atoms with Crippen LogP contribution in [0.2, 0.25) is 0 Å². The SMILES string of the molecule is Cc1ccn(CCn2c(C)csc2=O)c(=O)c1C#N. The Morgan fingerprint density at radius 3 is 2.63 bits per heavy atom. The van der Waals surface area contributed by atoms with Crippen molar-refractivity contribution in [3.8, 4) is 6.07 Å². The Balaban J connectivity index is 2.29. The molecule has 0 aromatic carbocycles. The molecule has 5 nitrogen and oxygen atoms in total. The van der Waals surface area contributed by atoms with Crippen LogP contribution in [0.1, 0.15) is 16.8 Å². The highest BCUT2D eigenvalue weighted by molar-refractivity contribution is 7.07. The van der Waals surface area contributed by atoms with E-state index in [0.29, 0.717) is 18.7 Å². The van der Waals surface area contributed by atoms with Crippen LogP contribution in [0.3, 0.4) is 0 Å². The molecule has 0 N–H and O–H groups in total. The average molecular weight is 275 g/mol. The predicted octanol–water partition coefficient (Wildman–Crippen LogP) is 1.26. The molecule has 0 aliphatic heterocycles. The maximum atomic E-state index is 12.0. The first-order chi connectivity index (χ1) is 9.04. The third-order valence-corrected chi connectivity index (χ3v) is 3.91. The number of aryl methyl sites for hydroxylation is 3. The van der Waals surface area contributed by atoms with Gasteiger partial charge in [0.2, 0.25) is 0 Å². The van der Waals surface area contributed by atoms with Gasteiger partial charge in [-0.2, -0.15) is 5.26 Å². The van der Waals surface area contributed by atoms with Gasteiger partial charge in [-0.3, -0.25) is 9.59 Å². The molecule has 19 heavy (non-hydrogen) atoms. The Bertz CT molecular complexity index is 761. The molecule has 0 saturated heterocycles. The normalized spacial score (nSPS) is 10.4. The second-order valence-corrected chi connectivity index (χ2v) is 5.10. The van der Waals surface area contributed by atoms with Crippen molar-refractivity contribution in [2.24, 2.45) is 0 Å². The summed E-state index contributed by atoms with van der Waals surface area (Å²) in [5, 5.41) is 10.7. The van der Waals surface area contributed by atoms with E-state index in [1.54, 1.807) is 29.1 Å². The first-order valence-corrected chi connectivity index (χ1v) is 6.67. The summed E-state index contributed by atoms with van der Waals surface area (Å²) in [6, 6.07) is 3.66. The number of nitrogens with zero attached hydrogens (tertiary/aromatic N) is 3. The maximum Gasteiger partial charge on any atom is 0.307 e. The molecule has 0 unspecified atom stereocenters. The monoisotopic (exact) mass is 275 g/mol. The Morgan fingerprint density at radius 2 is 2.05 bits per heavy atom. The number of hydrogen-bond donors (Lipinski definition) is 0. The largest absolute Gasteiger partial charge is 0.313 e. The van der Waals surface area contributed by atoms with Gasteiger partial charge >= 0.3 is 4.87 Å². The van der Waals surface area contributed by atoms with Crippen molar-refractivity contribution in [2.45, 2.75) is 26.9 Å². The average Bonchev–Trinajstić information content (AvgIpc) is 2.69. The zero-order valence-corrected chi connectivity index (χ0v) is 11.5. The summed E-state index contributed by atoms with van der Waals surface area (Å²) in [6.07, 6.45) is 1.66. The molecule has 6 heteroatoms. The number of pyridine rings is 1. The molecular weight excluding hydrogens is 262 g/mol. The lowest BCUT2D eigenvalue weighted by Gasteiger charge is -2.08. The molecule has 0 atom stereocenters. The second kappa shape index (κ2) is 5.24. The Kier molecular flexibility index (Phi) is 3.67. The van der Waals surface area contributed by atoms with E-state index >= 15 is 0 Å². The Hall–Kier alpha value is -2.13. The van der Waals surface area contributed by atoms with Crippen molar-refractivity contribution < 1.29 is 0 Å². The highest BCUT2D eigenvalue weighted by Crippen LogP contribution is 2.02. The third-order valence-electron chi connectivity index (χ3n) is 3.03. The smallest absolute Gasteiger partial charge is 0.307 e. The van der Waals surface area contributed by atoms with E-state index in [0.717, 1.165) is 17.0 Å². The van der Waals surface area contributed by atoms with Crippen LogP contribution >= 0.6 is 11.3 Å².